The van der Waals surface area contributed by atoms with Gasteiger partial charge in [0.05, 0.1) is 0 Å². The normalized spacial score (nSPS) is 24.7. The van der Waals surface area contributed by atoms with Gasteiger partial charge in [-0.05, 0) is 38.3 Å². The van der Waals surface area contributed by atoms with Gasteiger partial charge in [0, 0.05) is 25.3 Å². The molecule has 2 aliphatic rings. The average Bonchev–Trinajstić information content (AvgIpc) is 2.73. The van der Waals surface area contributed by atoms with Gasteiger partial charge in [0.1, 0.15) is 11.5 Å². The molecule has 0 aromatic carbocycles. The van der Waals surface area contributed by atoms with Gasteiger partial charge in [-0.15, -0.1) is 0 Å². The summed E-state index contributed by atoms with van der Waals surface area (Å²) in [7, 11) is 1.98. The van der Waals surface area contributed by atoms with E-state index in [-0.39, 0.29) is 5.91 Å². The first-order chi connectivity index (χ1) is 10.6. The van der Waals surface area contributed by atoms with E-state index < -0.39 is 0 Å². The smallest absolute Gasteiger partial charge is 0.272 e. The summed E-state index contributed by atoms with van der Waals surface area (Å²) < 4.78 is 0. The SMILES string of the molecule is C=C/C=C1/N=C(C(=O)N2CCCCCC2C)C=C(CC)N1C. The minimum Gasteiger partial charge on any atom is -0.335 e. The first kappa shape index (κ1) is 16.5. The summed E-state index contributed by atoms with van der Waals surface area (Å²) in [5.74, 6) is 0.837. The first-order valence-electron chi connectivity index (χ1n) is 8.25. The molecule has 0 radical (unpaired) electrons. The molecule has 0 aromatic rings. The van der Waals surface area contributed by atoms with Crippen molar-refractivity contribution in [2.24, 2.45) is 4.99 Å². The number of allylic oxidation sites excluding steroid dienone is 3. The van der Waals surface area contributed by atoms with Crippen molar-refractivity contribution in [2.45, 2.75) is 52.0 Å². The molecule has 0 spiro atoms. The third-order valence-electron chi connectivity index (χ3n) is 4.47. The standard InChI is InChI=1S/C18H27N3O/c1-5-10-17-19-16(13-15(6-2)20(17)4)18(22)21-12-9-7-8-11-14(21)3/h5,10,13-14H,1,6-9,11-12H2,2-4H3/b17-10-. The number of carbonyl (C=O) groups excluding carboxylic acids is 1. The summed E-state index contributed by atoms with van der Waals surface area (Å²) in [6, 6.07) is 0.294. The lowest BCUT2D eigenvalue weighted by atomic mass is 10.1. The second-order valence-corrected chi connectivity index (χ2v) is 6.00. The molecule has 4 heteroatoms. The minimum atomic E-state index is 0.0587. The molecular formula is C18H27N3O. The van der Waals surface area contributed by atoms with Crippen LogP contribution in [0.1, 0.15) is 46.0 Å². The lowest BCUT2D eigenvalue weighted by Crippen LogP contribution is -2.43. The summed E-state index contributed by atoms with van der Waals surface area (Å²) in [6.07, 6.45) is 10.9. The Morgan fingerprint density at radius 2 is 2.23 bits per heavy atom. The fourth-order valence-corrected chi connectivity index (χ4v) is 3.06. The molecule has 1 fully saturated rings. The highest BCUT2D eigenvalue weighted by atomic mass is 16.2. The number of carbonyl (C=O) groups is 1. The number of likely N-dealkylation sites (tertiary alicyclic amines) is 1. The van der Waals surface area contributed by atoms with Crippen LogP contribution < -0.4 is 0 Å². The summed E-state index contributed by atoms with van der Waals surface area (Å²) >= 11 is 0. The van der Waals surface area contributed by atoms with E-state index in [1.54, 1.807) is 6.08 Å². The largest absolute Gasteiger partial charge is 0.335 e. The molecule has 2 heterocycles. The lowest BCUT2D eigenvalue weighted by Gasteiger charge is -2.30. The number of hydrogen-bond donors (Lipinski definition) is 0. The van der Waals surface area contributed by atoms with Crippen molar-refractivity contribution in [2.75, 3.05) is 13.6 Å². The first-order valence-corrected chi connectivity index (χ1v) is 8.25. The Morgan fingerprint density at radius 1 is 1.45 bits per heavy atom. The van der Waals surface area contributed by atoms with Gasteiger partial charge < -0.3 is 9.80 Å². The Labute approximate surface area is 133 Å². The number of amides is 1. The van der Waals surface area contributed by atoms with Crippen molar-refractivity contribution >= 4 is 11.6 Å². The maximum absolute atomic E-state index is 12.9. The van der Waals surface area contributed by atoms with Gasteiger partial charge >= 0.3 is 0 Å². The van der Waals surface area contributed by atoms with Crippen molar-refractivity contribution in [3.05, 3.63) is 36.3 Å². The molecule has 0 saturated carbocycles. The van der Waals surface area contributed by atoms with E-state index in [0.717, 1.165) is 37.3 Å². The van der Waals surface area contributed by atoms with E-state index >= 15 is 0 Å². The molecular weight excluding hydrogens is 274 g/mol. The number of aliphatic imine (C=N–C) groups is 1. The third-order valence-corrected chi connectivity index (χ3v) is 4.47. The highest BCUT2D eigenvalue weighted by Gasteiger charge is 2.27. The number of hydrogen-bond acceptors (Lipinski definition) is 3. The molecule has 1 unspecified atom stereocenters. The van der Waals surface area contributed by atoms with Crippen LogP contribution in [0.2, 0.25) is 0 Å². The highest BCUT2D eigenvalue weighted by molar-refractivity contribution is 6.43. The molecule has 1 saturated heterocycles. The Hall–Kier alpha value is -1.84. The average molecular weight is 301 g/mol. The Kier molecular flexibility index (Phi) is 5.58. The quantitative estimate of drug-likeness (QED) is 0.800. The van der Waals surface area contributed by atoms with Gasteiger partial charge in [-0.3, -0.25) is 4.79 Å². The van der Waals surface area contributed by atoms with Crippen molar-refractivity contribution in [3.63, 3.8) is 0 Å². The maximum Gasteiger partial charge on any atom is 0.272 e. The maximum atomic E-state index is 12.9. The molecule has 0 aromatic heterocycles. The fraction of sp³-hybridized carbons (Fsp3) is 0.556. The van der Waals surface area contributed by atoms with Gasteiger partial charge in [0.25, 0.3) is 5.91 Å². The van der Waals surface area contributed by atoms with Gasteiger partial charge in [0.15, 0.2) is 0 Å². The molecule has 1 atom stereocenters. The Bertz CT molecular complexity index is 530. The molecule has 0 aliphatic carbocycles. The van der Waals surface area contributed by atoms with Gasteiger partial charge in [-0.1, -0.05) is 32.4 Å². The van der Waals surface area contributed by atoms with E-state index in [4.69, 9.17) is 0 Å². The zero-order valence-corrected chi connectivity index (χ0v) is 14.0. The fourth-order valence-electron chi connectivity index (χ4n) is 3.06. The van der Waals surface area contributed by atoms with Crippen LogP contribution in [0.5, 0.6) is 0 Å². The molecule has 0 N–H and O–H groups in total. The molecule has 1 amide bonds. The topological polar surface area (TPSA) is 35.9 Å². The predicted molar refractivity (Wildman–Crippen MR) is 91.5 cm³/mol. The van der Waals surface area contributed by atoms with Crippen LogP contribution in [-0.2, 0) is 4.79 Å². The van der Waals surface area contributed by atoms with E-state index in [1.165, 1.54) is 12.8 Å². The van der Waals surface area contributed by atoms with Crippen molar-refractivity contribution in [3.8, 4) is 0 Å². The summed E-state index contributed by atoms with van der Waals surface area (Å²) in [4.78, 5) is 21.5. The van der Waals surface area contributed by atoms with Crippen molar-refractivity contribution < 1.29 is 4.79 Å². The number of nitrogens with zero attached hydrogens (tertiary/aromatic N) is 3. The zero-order valence-electron chi connectivity index (χ0n) is 14.0. The van der Waals surface area contributed by atoms with Gasteiger partial charge in [-0.2, -0.15) is 0 Å². The zero-order chi connectivity index (χ0) is 16.1. The van der Waals surface area contributed by atoms with Crippen LogP contribution in [0.3, 0.4) is 0 Å². The molecule has 4 nitrogen and oxygen atoms in total. The van der Waals surface area contributed by atoms with Gasteiger partial charge in [0.2, 0.25) is 0 Å². The molecule has 120 valence electrons. The van der Waals surface area contributed by atoms with E-state index in [0.29, 0.717) is 11.8 Å². The molecule has 2 rings (SSSR count). The monoisotopic (exact) mass is 301 g/mol. The summed E-state index contributed by atoms with van der Waals surface area (Å²) in [5.41, 5.74) is 1.66. The summed E-state index contributed by atoms with van der Waals surface area (Å²) in [6.45, 7) is 8.81. The predicted octanol–water partition coefficient (Wildman–Crippen LogP) is 3.49. The second kappa shape index (κ2) is 7.43. The second-order valence-electron chi connectivity index (χ2n) is 6.00. The lowest BCUT2D eigenvalue weighted by molar-refractivity contribution is -0.125. The highest BCUT2D eigenvalue weighted by Crippen LogP contribution is 2.23. The van der Waals surface area contributed by atoms with Crippen LogP contribution >= 0.6 is 0 Å². The van der Waals surface area contributed by atoms with E-state index in [1.807, 2.05) is 29.0 Å². The van der Waals surface area contributed by atoms with Crippen LogP contribution in [-0.4, -0.2) is 41.1 Å². The van der Waals surface area contributed by atoms with Crippen LogP contribution in [0.25, 0.3) is 0 Å². The van der Waals surface area contributed by atoms with Crippen molar-refractivity contribution in [1.82, 2.24) is 9.80 Å². The Balaban J connectivity index is 2.30. The van der Waals surface area contributed by atoms with Gasteiger partial charge in [-0.25, -0.2) is 4.99 Å². The number of rotatable bonds is 3. The molecule has 0 bridgehead atoms. The van der Waals surface area contributed by atoms with E-state index in [2.05, 4.69) is 25.4 Å². The van der Waals surface area contributed by atoms with E-state index in [9.17, 15) is 4.79 Å². The third kappa shape index (κ3) is 3.49. The Morgan fingerprint density at radius 3 is 2.91 bits per heavy atom. The van der Waals surface area contributed by atoms with Crippen LogP contribution in [0.15, 0.2) is 41.3 Å². The van der Waals surface area contributed by atoms with Crippen LogP contribution in [0, 0.1) is 0 Å². The molecule has 22 heavy (non-hydrogen) atoms. The van der Waals surface area contributed by atoms with Crippen LogP contribution in [0.4, 0.5) is 0 Å². The molecule has 2 aliphatic heterocycles. The van der Waals surface area contributed by atoms with Crippen molar-refractivity contribution in [1.29, 1.82) is 0 Å². The minimum absolute atomic E-state index is 0.0587. The summed E-state index contributed by atoms with van der Waals surface area (Å²) in [5, 5.41) is 0.